The number of nitrogens with zero attached hydrogens (tertiary/aromatic N) is 1. The van der Waals surface area contributed by atoms with Gasteiger partial charge in [0.15, 0.2) is 0 Å². The van der Waals surface area contributed by atoms with Gasteiger partial charge in [0, 0.05) is 26.3 Å². The van der Waals surface area contributed by atoms with Crippen LogP contribution in [0.2, 0.25) is 0 Å². The molecule has 6 heteroatoms. The molecule has 0 saturated carbocycles. The molecule has 2 amide bonds. The zero-order valence-electron chi connectivity index (χ0n) is 11.4. The molecule has 106 valence electrons. The molecule has 0 atom stereocenters. The molecular formula is C12H24N2O4. The number of likely N-dealkylation sites (N-methyl/N-ethyl adjacent to an activating group) is 1. The summed E-state index contributed by atoms with van der Waals surface area (Å²) in [6.07, 6.45) is 0.725. The molecule has 0 rings (SSSR count). The summed E-state index contributed by atoms with van der Waals surface area (Å²) in [7, 11) is 0. The Bertz CT molecular complexity index is 256. The van der Waals surface area contributed by atoms with Gasteiger partial charge in [-0.2, -0.15) is 0 Å². The van der Waals surface area contributed by atoms with E-state index in [0.29, 0.717) is 32.2 Å². The van der Waals surface area contributed by atoms with Crippen molar-refractivity contribution in [1.29, 1.82) is 0 Å². The van der Waals surface area contributed by atoms with E-state index in [4.69, 9.17) is 9.84 Å². The van der Waals surface area contributed by atoms with Crippen molar-refractivity contribution in [2.75, 3.05) is 32.8 Å². The Labute approximate surface area is 108 Å². The smallest absolute Gasteiger partial charge is 0.323 e. The molecular weight excluding hydrogens is 236 g/mol. The summed E-state index contributed by atoms with van der Waals surface area (Å²) in [5.41, 5.74) is 0. The number of carbonyl (C=O) groups excluding carboxylic acids is 1. The molecule has 0 radical (unpaired) electrons. The number of hydrogen-bond donors (Lipinski definition) is 2. The van der Waals surface area contributed by atoms with Crippen LogP contribution in [0.4, 0.5) is 4.79 Å². The highest BCUT2D eigenvalue weighted by molar-refractivity contribution is 5.79. The topological polar surface area (TPSA) is 78.9 Å². The Balaban J connectivity index is 3.65. The van der Waals surface area contributed by atoms with Gasteiger partial charge in [0.2, 0.25) is 0 Å². The number of ether oxygens (including phenoxy) is 1. The van der Waals surface area contributed by atoms with E-state index in [9.17, 15) is 9.59 Å². The minimum Gasteiger partial charge on any atom is -0.480 e. The molecule has 0 spiro atoms. The molecule has 0 bridgehead atoms. The van der Waals surface area contributed by atoms with Gasteiger partial charge in [-0.25, -0.2) is 4.79 Å². The SMILES string of the molecule is CCN(CC(=O)O)C(=O)NCCCOCC(C)C. The largest absolute Gasteiger partial charge is 0.480 e. The van der Waals surface area contributed by atoms with Gasteiger partial charge in [-0.1, -0.05) is 13.8 Å². The van der Waals surface area contributed by atoms with Crippen LogP contribution in [0.1, 0.15) is 27.2 Å². The van der Waals surface area contributed by atoms with Gasteiger partial charge < -0.3 is 20.1 Å². The van der Waals surface area contributed by atoms with Crippen molar-refractivity contribution in [2.45, 2.75) is 27.2 Å². The van der Waals surface area contributed by atoms with E-state index in [2.05, 4.69) is 19.2 Å². The molecule has 0 aliphatic heterocycles. The number of urea groups is 1. The van der Waals surface area contributed by atoms with Crippen LogP contribution in [0.25, 0.3) is 0 Å². The van der Waals surface area contributed by atoms with Crippen LogP contribution >= 0.6 is 0 Å². The molecule has 0 saturated heterocycles. The second-order valence-corrected chi connectivity index (χ2v) is 4.46. The molecule has 6 nitrogen and oxygen atoms in total. The van der Waals surface area contributed by atoms with E-state index >= 15 is 0 Å². The van der Waals surface area contributed by atoms with Gasteiger partial charge >= 0.3 is 12.0 Å². The first-order valence-corrected chi connectivity index (χ1v) is 6.29. The zero-order valence-corrected chi connectivity index (χ0v) is 11.4. The Morgan fingerprint density at radius 1 is 1.39 bits per heavy atom. The number of carboxylic acids is 1. The van der Waals surface area contributed by atoms with Crippen LogP contribution in [0, 0.1) is 5.92 Å². The van der Waals surface area contributed by atoms with Crippen LogP contribution in [-0.4, -0.2) is 54.9 Å². The number of carboxylic acid groups (broad SMARTS) is 1. The number of rotatable bonds is 9. The van der Waals surface area contributed by atoms with Crippen molar-refractivity contribution in [3.05, 3.63) is 0 Å². The highest BCUT2D eigenvalue weighted by Gasteiger charge is 2.13. The molecule has 0 unspecified atom stereocenters. The minimum atomic E-state index is -1.01. The average molecular weight is 260 g/mol. The van der Waals surface area contributed by atoms with Gasteiger partial charge in [-0.3, -0.25) is 4.79 Å². The van der Waals surface area contributed by atoms with E-state index in [1.165, 1.54) is 4.90 Å². The molecule has 0 aliphatic carbocycles. The summed E-state index contributed by atoms with van der Waals surface area (Å²) in [6, 6.07) is -0.344. The molecule has 0 aromatic carbocycles. The highest BCUT2D eigenvalue weighted by Crippen LogP contribution is 1.93. The minimum absolute atomic E-state index is 0.272. The average Bonchev–Trinajstić information content (AvgIpc) is 2.29. The van der Waals surface area contributed by atoms with Gasteiger partial charge in [0.1, 0.15) is 6.54 Å². The molecule has 0 aromatic heterocycles. The molecule has 0 heterocycles. The van der Waals surface area contributed by atoms with Crippen molar-refractivity contribution < 1.29 is 19.4 Å². The Morgan fingerprint density at radius 3 is 2.56 bits per heavy atom. The highest BCUT2D eigenvalue weighted by atomic mass is 16.5. The van der Waals surface area contributed by atoms with Gasteiger partial charge in [-0.15, -0.1) is 0 Å². The number of amides is 2. The number of carbonyl (C=O) groups is 2. The first-order chi connectivity index (χ1) is 8.47. The molecule has 0 fully saturated rings. The van der Waals surface area contributed by atoms with E-state index < -0.39 is 5.97 Å². The predicted octanol–water partition coefficient (Wildman–Crippen LogP) is 1.17. The van der Waals surface area contributed by atoms with Crippen molar-refractivity contribution in [3.63, 3.8) is 0 Å². The predicted molar refractivity (Wildman–Crippen MR) is 68.6 cm³/mol. The van der Waals surface area contributed by atoms with Crippen molar-refractivity contribution >= 4 is 12.0 Å². The second-order valence-electron chi connectivity index (χ2n) is 4.46. The fraction of sp³-hybridized carbons (Fsp3) is 0.833. The Kier molecular flexibility index (Phi) is 9.00. The Hall–Kier alpha value is -1.30. The van der Waals surface area contributed by atoms with Gasteiger partial charge in [0.05, 0.1) is 0 Å². The van der Waals surface area contributed by atoms with E-state index in [1.54, 1.807) is 6.92 Å². The lowest BCUT2D eigenvalue weighted by atomic mass is 10.2. The Morgan fingerprint density at radius 2 is 2.06 bits per heavy atom. The van der Waals surface area contributed by atoms with Crippen LogP contribution < -0.4 is 5.32 Å². The lowest BCUT2D eigenvalue weighted by Crippen LogP contribution is -2.43. The fourth-order valence-corrected chi connectivity index (χ4v) is 1.29. The lowest BCUT2D eigenvalue weighted by Gasteiger charge is -2.19. The first kappa shape index (κ1) is 16.7. The third-order valence-corrected chi connectivity index (χ3v) is 2.19. The van der Waals surface area contributed by atoms with Crippen molar-refractivity contribution in [3.8, 4) is 0 Å². The van der Waals surface area contributed by atoms with Crippen molar-refractivity contribution in [1.82, 2.24) is 10.2 Å². The van der Waals surface area contributed by atoms with E-state index in [-0.39, 0.29) is 12.6 Å². The fourth-order valence-electron chi connectivity index (χ4n) is 1.29. The monoisotopic (exact) mass is 260 g/mol. The normalized spacial score (nSPS) is 10.4. The molecule has 0 aromatic rings. The zero-order chi connectivity index (χ0) is 14.0. The third kappa shape index (κ3) is 8.81. The van der Waals surface area contributed by atoms with Gasteiger partial charge in [-0.05, 0) is 19.3 Å². The van der Waals surface area contributed by atoms with E-state index in [0.717, 1.165) is 6.42 Å². The van der Waals surface area contributed by atoms with Crippen molar-refractivity contribution in [2.24, 2.45) is 5.92 Å². The number of hydrogen-bond acceptors (Lipinski definition) is 3. The summed E-state index contributed by atoms with van der Waals surface area (Å²) in [5.74, 6) is -0.502. The lowest BCUT2D eigenvalue weighted by molar-refractivity contribution is -0.137. The van der Waals surface area contributed by atoms with Crippen LogP contribution in [0.3, 0.4) is 0 Å². The summed E-state index contributed by atoms with van der Waals surface area (Å²) < 4.78 is 5.37. The standard InChI is InChI=1S/C12H24N2O4/c1-4-14(8-11(15)16)12(17)13-6-5-7-18-9-10(2)3/h10H,4-9H2,1-3H3,(H,13,17)(H,15,16). The van der Waals surface area contributed by atoms with Gasteiger partial charge in [0.25, 0.3) is 0 Å². The van der Waals surface area contributed by atoms with Crippen LogP contribution in [0.15, 0.2) is 0 Å². The third-order valence-electron chi connectivity index (χ3n) is 2.19. The summed E-state index contributed by atoms with van der Waals surface area (Å²) >= 11 is 0. The van der Waals surface area contributed by atoms with Crippen LogP contribution in [-0.2, 0) is 9.53 Å². The maximum absolute atomic E-state index is 11.6. The first-order valence-electron chi connectivity index (χ1n) is 6.29. The quantitative estimate of drug-likeness (QED) is 0.610. The number of aliphatic carboxylic acids is 1. The maximum Gasteiger partial charge on any atom is 0.323 e. The summed E-state index contributed by atoms with van der Waals surface area (Å²) in [5, 5.41) is 11.3. The number of nitrogens with one attached hydrogen (secondary N) is 1. The molecule has 18 heavy (non-hydrogen) atoms. The molecule has 0 aliphatic rings. The summed E-state index contributed by atoms with van der Waals surface area (Å²) in [6.45, 7) is 7.81. The van der Waals surface area contributed by atoms with Crippen LogP contribution in [0.5, 0.6) is 0 Å². The summed E-state index contributed by atoms with van der Waals surface area (Å²) in [4.78, 5) is 23.3. The second kappa shape index (κ2) is 9.70. The maximum atomic E-state index is 11.6. The van der Waals surface area contributed by atoms with E-state index in [1.807, 2.05) is 0 Å². The molecule has 2 N–H and O–H groups in total.